The number of nitrogens with zero attached hydrogens (tertiary/aromatic N) is 2. The van der Waals surface area contributed by atoms with Crippen LogP contribution in [0.2, 0.25) is 0 Å². The smallest absolute Gasteiger partial charge is 0.295 e. The van der Waals surface area contributed by atoms with E-state index in [2.05, 4.69) is 4.90 Å². The number of aliphatic hydroxyl groups is 1. The average molecular weight is 481 g/mol. The van der Waals surface area contributed by atoms with Crippen molar-refractivity contribution in [1.82, 2.24) is 9.80 Å². The summed E-state index contributed by atoms with van der Waals surface area (Å²) in [5.74, 6) is -0.592. The first kappa shape index (κ1) is 24.8. The molecule has 2 aliphatic heterocycles. The van der Waals surface area contributed by atoms with Crippen molar-refractivity contribution >= 4 is 17.4 Å². The number of carbonyl (C=O) groups is 2. The van der Waals surface area contributed by atoms with Gasteiger partial charge in [0.1, 0.15) is 5.76 Å². The molecule has 2 fully saturated rings. The number of methoxy groups -OCH3 is 2. The van der Waals surface area contributed by atoms with Crippen LogP contribution in [0, 0.1) is 6.92 Å². The molecule has 2 saturated heterocycles. The second-order valence-corrected chi connectivity index (χ2v) is 8.78. The lowest BCUT2D eigenvalue weighted by Crippen LogP contribution is -2.38. The van der Waals surface area contributed by atoms with E-state index in [0.29, 0.717) is 43.2 Å². The molecule has 2 heterocycles. The van der Waals surface area contributed by atoms with Gasteiger partial charge in [-0.25, -0.2) is 0 Å². The summed E-state index contributed by atoms with van der Waals surface area (Å²) in [6, 6.07) is 11.9. The van der Waals surface area contributed by atoms with Gasteiger partial charge in [-0.2, -0.15) is 0 Å². The molecule has 1 atom stereocenters. The molecule has 0 aliphatic carbocycles. The number of hydrogen-bond acceptors (Lipinski definition) is 7. The monoisotopic (exact) mass is 480 g/mol. The molecule has 0 aromatic heterocycles. The molecule has 8 nitrogen and oxygen atoms in total. The van der Waals surface area contributed by atoms with Crippen LogP contribution in [0.1, 0.15) is 29.2 Å². The molecule has 0 bridgehead atoms. The molecule has 2 aromatic carbocycles. The number of Topliss-reactive ketones (excluding diaryl/α,β-unsaturated/α-hetero) is 1. The Morgan fingerprint density at radius 2 is 1.69 bits per heavy atom. The Kier molecular flexibility index (Phi) is 7.73. The zero-order chi connectivity index (χ0) is 24.9. The van der Waals surface area contributed by atoms with Gasteiger partial charge in [0.25, 0.3) is 11.7 Å². The minimum Gasteiger partial charge on any atom is -0.507 e. The van der Waals surface area contributed by atoms with Gasteiger partial charge in [0.15, 0.2) is 11.5 Å². The second-order valence-electron chi connectivity index (χ2n) is 8.78. The third-order valence-corrected chi connectivity index (χ3v) is 6.57. The van der Waals surface area contributed by atoms with Crippen LogP contribution >= 0.6 is 0 Å². The van der Waals surface area contributed by atoms with Crippen molar-refractivity contribution in [3.05, 3.63) is 64.7 Å². The highest BCUT2D eigenvalue weighted by Gasteiger charge is 2.45. The Hall–Kier alpha value is -3.36. The molecule has 0 saturated carbocycles. The van der Waals surface area contributed by atoms with Gasteiger partial charge in [0, 0.05) is 31.7 Å². The maximum absolute atomic E-state index is 13.2. The molecule has 2 aromatic rings. The largest absolute Gasteiger partial charge is 0.507 e. The number of benzene rings is 2. The maximum atomic E-state index is 13.2. The number of ether oxygens (including phenoxy) is 3. The summed E-state index contributed by atoms with van der Waals surface area (Å²) < 4.78 is 16.1. The molecule has 186 valence electrons. The highest BCUT2D eigenvalue weighted by atomic mass is 16.5. The molecule has 1 N–H and O–H groups in total. The lowest BCUT2D eigenvalue weighted by Gasteiger charge is -2.29. The van der Waals surface area contributed by atoms with Gasteiger partial charge in [-0.1, -0.05) is 29.8 Å². The minimum absolute atomic E-state index is 0.0810. The Labute approximate surface area is 205 Å². The minimum atomic E-state index is -0.686. The fourth-order valence-electron chi connectivity index (χ4n) is 4.63. The van der Waals surface area contributed by atoms with Crippen LogP contribution in [0.5, 0.6) is 11.5 Å². The number of hydrogen-bond donors (Lipinski definition) is 1. The zero-order valence-electron chi connectivity index (χ0n) is 20.5. The maximum Gasteiger partial charge on any atom is 0.295 e. The van der Waals surface area contributed by atoms with Gasteiger partial charge in [-0.05, 0) is 37.1 Å². The van der Waals surface area contributed by atoms with Crippen molar-refractivity contribution in [3.63, 3.8) is 0 Å². The number of aliphatic hydroxyl groups excluding tert-OH is 1. The number of carbonyl (C=O) groups excluding carboxylic acids is 2. The van der Waals surface area contributed by atoms with Crippen LogP contribution in [0.3, 0.4) is 0 Å². The van der Waals surface area contributed by atoms with Crippen LogP contribution in [0.15, 0.2) is 48.0 Å². The highest BCUT2D eigenvalue weighted by Crippen LogP contribution is 2.40. The van der Waals surface area contributed by atoms with Crippen molar-refractivity contribution in [2.75, 3.05) is 53.6 Å². The summed E-state index contributed by atoms with van der Waals surface area (Å²) in [4.78, 5) is 30.3. The van der Waals surface area contributed by atoms with E-state index in [9.17, 15) is 14.7 Å². The summed E-state index contributed by atoms with van der Waals surface area (Å²) in [7, 11) is 3.03. The number of rotatable bonds is 8. The number of aryl methyl sites for hydroxylation is 1. The van der Waals surface area contributed by atoms with E-state index in [4.69, 9.17) is 14.2 Å². The Morgan fingerprint density at radius 3 is 2.34 bits per heavy atom. The number of amides is 1. The molecule has 1 amide bonds. The molecule has 4 rings (SSSR count). The van der Waals surface area contributed by atoms with E-state index in [1.807, 2.05) is 31.2 Å². The third-order valence-electron chi connectivity index (χ3n) is 6.57. The summed E-state index contributed by atoms with van der Waals surface area (Å²) in [5, 5.41) is 11.3. The van der Waals surface area contributed by atoms with Crippen molar-refractivity contribution in [3.8, 4) is 11.5 Å². The van der Waals surface area contributed by atoms with Crippen molar-refractivity contribution in [2.45, 2.75) is 19.4 Å². The van der Waals surface area contributed by atoms with E-state index in [0.717, 1.165) is 30.8 Å². The third kappa shape index (κ3) is 5.18. The standard InChI is InChI=1S/C27H32N2O6/c1-18-5-7-19(8-6-18)24-23(25(30)20-9-10-21(33-2)22(17-20)34-3)26(31)27(32)29(24)12-4-11-28-13-15-35-16-14-28/h5-10,17,24,30H,4,11-16H2,1-3H3/b25-23+/t24-/m1/s1. The quantitative estimate of drug-likeness (QED) is 0.353. The van der Waals surface area contributed by atoms with E-state index >= 15 is 0 Å². The topological polar surface area (TPSA) is 88.5 Å². The summed E-state index contributed by atoms with van der Waals surface area (Å²) in [6.07, 6.45) is 0.714. The summed E-state index contributed by atoms with van der Waals surface area (Å²) in [5.41, 5.74) is 2.31. The predicted molar refractivity (Wildman–Crippen MR) is 132 cm³/mol. The van der Waals surface area contributed by atoms with E-state index in [-0.39, 0.29) is 11.3 Å². The molecular weight excluding hydrogens is 448 g/mol. The van der Waals surface area contributed by atoms with E-state index < -0.39 is 17.7 Å². The summed E-state index contributed by atoms with van der Waals surface area (Å²) in [6.45, 7) is 6.33. The Balaban J connectivity index is 1.69. The van der Waals surface area contributed by atoms with Gasteiger partial charge >= 0.3 is 0 Å². The molecule has 35 heavy (non-hydrogen) atoms. The lowest BCUT2D eigenvalue weighted by atomic mass is 9.94. The number of ketones is 1. The van der Waals surface area contributed by atoms with Crippen LogP contribution in [0.25, 0.3) is 5.76 Å². The molecule has 0 radical (unpaired) electrons. The first-order valence-electron chi connectivity index (χ1n) is 11.8. The van der Waals surface area contributed by atoms with Crippen LogP contribution < -0.4 is 9.47 Å². The first-order chi connectivity index (χ1) is 16.9. The predicted octanol–water partition coefficient (Wildman–Crippen LogP) is 3.16. The summed E-state index contributed by atoms with van der Waals surface area (Å²) >= 11 is 0. The number of morpholine rings is 1. The molecule has 0 spiro atoms. The first-order valence-corrected chi connectivity index (χ1v) is 11.8. The van der Waals surface area contributed by atoms with Gasteiger partial charge in [0.2, 0.25) is 0 Å². The van der Waals surface area contributed by atoms with Crippen molar-refractivity contribution < 1.29 is 28.9 Å². The highest BCUT2D eigenvalue weighted by molar-refractivity contribution is 6.46. The molecule has 2 aliphatic rings. The molecule has 0 unspecified atom stereocenters. The average Bonchev–Trinajstić information content (AvgIpc) is 3.14. The second kappa shape index (κ2) is 10.9. The zero-order valence-corrected chi connectivity index (χ0v) is 20.5. The van der Waals surface area contributed by atoms with Crippen LogP contribution in [0.4, 0.5) is 0 Å². The van der Waals surface area contributed by atoms with Gasteiger partial charge in [-0.3, -0.25) is 14.5 Å². The van der Waals surface area contributed by atoms with Crippen LogP contribution in [-0.2, 0) is 14.3 Å². The fraction of sp³-hybridized carbons (Fsp3) is 0.407. The fourth-order valence-corrected chi connectivity index (χ4v) is 4.63. The van der Waals surface area contributed by atoms with Crippen molar-refractivity contribution in [2.24, 2.45) is 0 Å². The van der Waals surface area contributed by atoms with E-state index in [1.165, 1.54) is 14.2 Å². The number of likely N-dealkylation sites (tertiary alicyclic amines) is 1. The normalized spacial score (nSPS) is 20.3. The van der Waals surface area contributed by atoms with Crippen LogP contribution in [-0.4, -0.2) is 80.2 Å². The molecule has 8 heteroatoms. The Bertz CT molecular complexity index is 1110. The van der Waals surface area contributed by atoms with Gasteiger partial charge in [-0.15, -0.1) is 0 Å². The van der Waals surface area contributed by atoms with E-state index in [1.54, 1.807) is 23.1 Å². The van der Waals surface area contributed by atoms with Gasteiger partial charge < -0.3 is 24.2 Å². The molecular formula is C27H32N2O6. The van der Waals surface area contributed by atoms with Gasteiger partial charge in [0.05, 0.1) is 39.0 Å². The van der Waals surface area contributed by atoms with Crippen molar-refractivity contribution in [1.29, 1.82) is 0 Å². The Morgan fingerprint density at radius 1 is 1.00 bits per heavy atom. The SMILES string of the molecule is COc1ccc(/C(O)=C2\C(=O)C(=O)N(CCCN3CCOCC3)[C@@H]2c2ccc(C)cc2)cc1OC. The lowest BCUT2D eigenvalue weighted by molar-refractivity contribution is -0.140.